The molecule has 1 N–H and O–H groups in total. The first-order valence-electron chi connectivity index (χ1n) is 6.40. The van der Waals surface area contributed by atoms with Crippen LogP contribution < -0.4 is 5.32 Å². The summed E-state index contributed by atoms with van der Waals surface area (Å²) in [5.41, 5.74) is 1.17. The van der Waals surface area contributed by atoms with Crippen molar-refractivity contribution in [1.82, 2.24) is 19.4 Å². The van der Waals surface area contributed by atoms with Crippen molar-refractivity contribution in [3.63, 3.8) is 0 Å². The molecule has 0 atom stereocenters. The van der Waals surface area contributed by atoms with Crippen molar-refractivity contribution in [3.05, 3.63) is 42.2 Å². The van der Waals surface area contributed by atoms with Crippen LogP contribution in [0.2, 0.25) is 0 Å². The molecule has 0 bridgehead atoms. The molecule has 0 saturated heterocycles. The largest absolute Gasteiger partial charge is 0.346 e. The van der Waals surface area contributed by atoms with E-state index in [0.29, 0.717) is 18.4 Å². The summed E-state index contributed by atoms with van der Waals surface area (Å²) in [7, 11) is 0. The van der Waals surface area contributed by atoms with Gasteiger partial charge in [0.05, 0.1) is 6.54 Å². The fourth-order valence-electron chi connectivity index (χ4n) is 2.05. The van der Waals surface area contributed by atoms with E-state index >= 15 is 0 Å². The number of aromatic nitrogens is 3. The van der Waals surface area contributed by atoms with E-state index in [4.69, 9.17) is 0 Å². The topological polar surface area (TPSA) is 34.8 Å². The molecular formula is C13H16F2N4. The highest BCUT2D eigenvalue weighted by Gasteiger charge is 2.20. The van der Waals surface area contributed by atoms with Crippen LogP contribution in [0.25, 0.3) is 0 Å². The molecule has 4 nitrogen and oxygen atoms in total. The summed E-state index contributed by atoms with van der Waals surface area (Å²) in [6.07, 6.45) is 9.09. The fourth-order valence-corrected chi connectivity index (χ4v) is 2.05. The van der Waals surface area contributed by atoms with Crippen LogP contribution in [0.5, 0.6) is 0 Å². The van der Waals surface area contributed by atoms with E-state index in [2.05, 4.69) is 10.3 Å². The maximum Gasteiger partial charge on any atom is 0.319 e. The van der Waals surface area contributed by atoms with Crippen molar-refractivity contribution >= 4 is 0 Å². The minimum absolute atomic E-state index is 0.362. The van der Waals surface area contributed by atoms with Gasteiger partial charge < -0.3 is 9.88 Å². The van der Waals surface area contributed by atoms with Crippen LogP contribution in [-0.2, 0) is 13.1 Å². The molecule has 0 aliphatic heterocycles. The second kappa shape index (κ2) is 5.13. The van der Waals surface area contributed by atoms with Crippen LogP contribution in [0.4, 0.5) is 8.78 Å². The van der Waals surface area contributed by atoms with Crippen LogP contribution in [0, 0.1) is 0 Å². The van der Waals surface area contributed by atoms with Crippen LogP contribution in [0.15, 0.2) is 30.9 Å². The summed E-state index contributed by atoms with van der Waals surface area (Å²) in [6, 6.07) is 2.67. The van der Waals surface area contributed by atoms with Crippen molar-refractivity contribution in [2.75, 3.05) is 0 Å². The Kier molecular flexibility index (Phi) is 3.33. The van der Waals surface area contributed by atoms with Gasteiger partial charge in [0.15, 0.2) is 0 Å². The predicted octanol–water partition coefficient (Wildman–Crippen LogP) is 2.38. The number of imidazole rings is 1. The number of halogens is 2. The van der Waals surface area contributed by atoms with Crippen molar-refractivity contribution in [2.45, 2.75) is 38.5 Å². The summed E-state index contributed by atoms with van der Waals surface area (Å²) >= 11 is 0. The molecule has 2 aromatic rings. The highest BCUT2D eigenvalue weighted by molar-refractivity contribution is 5.11. The van der Waals surface area contributed by atoms with Gasteiger partial charge in [-0.25, -0.2) is 4.98 Å². The molecule has 1 fully saturated rings. The average Bonchev–Trinajstić information content (AvgIpc) is 2.91. The van der Waals surface area contributed by atoms with Crippen molar-refractivity contribution in [1.29, 1.82) is 0 Å². The monoisotopic (exact) mass is 266 g/mol. The first kappa shape index (κ1) is 12.3. The van der Waals surface area contributed by atoms with E-state index in [-0.39, 0.29) is 0 Å². The quantitative estimate of drug-likeness (QED) is 0.871. The highest BCUT2D eigenvalue weighted by atomic mass is 19.3. The molecule has 19 heavy (non-hydrogen) atoms. The molecule has 2 heterocycles. The average molecular weight is 266 g/mol. The Morgan fingerprint density at radius 2 is 2.21 bits per heavy atom. The molecule has 3 rings (SSSR count). The van der Waals surface area contributed by atoms with Gasteiger partial charge in [0.1, 0.15) is 5.82 Å². The van der Waals surface area contributed by atoms with Gasteiger partial charge in [0.25, 0.3) is 0 Å². The Morgan fingerprint density at radius 1 is 1.37 bits per heavy atom. The maximum atomic E-state index is 12.7. The molecular weight excluding hydrogens is 250 g/mol. The third-order valence-corrected chi connectivity index (χ3v) is 3.27. The Bertz CT molecular complexity index is 542. The van der Waals surface area contributed by atoms with Crippen molar-refractivity contribution in [2.24, 2.45) is 0 Å². The summed E-state index contributed by atoms with van der Waals surface area (Å²) in [5, 5.41) is 3.42. The summed E-state index contributed by atoms with van der Waals surface area (Å²) < 4.78 is 28.1. The maximum absolute atomic E-state index is 12.7. The second-order valence-electron chi connectivity index (χ2n) is 4.88. The molecule has 1 aliphatic rings. The van der Waals surface area contributed by atoms with Crippen LogP contribution in [0.1, 0.15) is 30.8 Å². The zero-order valence-corrected chi connectivity index (χ0v) is 10.5. The fraction of sp³-hybridized carbons (Fsp3) is 0.462. The van der Waals surface area contributed by atoms with E-state index in [0.717, 1.165) is 11.1 Å². The minimum Gasteiger partial charge on any atom is -0.346 e. The van der Waals surface area contributed by atoms with Crippen LogP contribution in [-0.4, -0.2) is 20.2 Å². The van der Waals surface area contributed by atoms with E-state index < -0.39 is 6.55 Å². The zero-order valence-electron chi connectivity index (χ0n) is 10.5. The molecule has 0 unspecified atom stereocenters. The number of rotatable bonds is 6. The SMILES string of the molecule is FC(F)n1ccnc1Cn1ccc(CNC2CC2)c1. The third-order valence-electron chi connectivity index (χ3n) is 3.27. The second-order valence-corrected chi connectivity index (χ2v) is 4.88. The number of nitrogens with one attached hydrogen (secondary N) is 1. The first-order valence-corrected chi connectivity index (χ1v) is 6.40. The third kappa shape index (κ3) is 3.01. The zero-order chi connectivity index (χ0) is 13.2. The highest BCUT2D eigenvalue weighted by Crippen LogP contribution is 2.19. The van der Waals surface area contributed by atoms with Gasteiger partial charge in [-0.3, -0.25) is 4.57 Å². The standard InChI is InChI=1S/C13H16F2N4/c14-13(15)19-6-4-16-12(19)9-18-5-3-10(8-18)7-17-11-1-2-11/h3-6,8,11,13,17H,1-2,7,9H2. The van der Waals surface area contributed by atoms with Gasteiger partial charge in [-0.2, -0.15) is 8.78 Å². The van der Waals surface area contributed by atoms with Crippen LogP contribution >= 0.6 is 0 Å². The lowest BCUT2D eigenvalue weighted by molar-refractivity contribution is 0.0667. The Labute approximate surface area is 110 Å². The lowest BCUT2D eigenvalue weighted by Crippen LogP contribution is -2.14. The summed E-state index contributed by atoms with van der Waals surface area (Å²) in [6.45, 7) is -1.34. The number of nitrogens with zero attached hydrogens (tertiary/aromatic N) is 3. The smallest absolute Gasteiger partial charge is 0.319 e. The summed E-state index contributed by atoms with van der Waals surface area (Å²) in [5.74, 6) is 0.368. The van der Waals surface area contributed by atoms with Crippen LogP contribution in [0.3, 0.4) is 0 Å². The molecule has 0 aromatic carbocycles. The Balaban J connectivity index is 1.63. The Hall–Kier alpha value is -1.69. The van der Waals surface area contributed by atoms with Gasteiger partial charge in [-0.1, -0.05) is 0 Å². The molecule has 0 amide bonds. The van der Waals surface area contributed by atoms with Crippen molar-refractivity contribution in [3.8, 4) is 0 Å². The molecule has 0 radical (unpaired) electrons. The van der Waals surface area contributed by atoms with E-state index in [9.17, 15) is 8.78 Å². The van der Waals surface area contributed by atoms with Crippen molar-refractivity contribution < 1.29 is 8.78 Å². The number of hydrogen-bond acceptors (Lipinski definition) is 2. The van der Waals surface area contributed by atoms with E-state index in [1.807, 2.05) is 23.0 Å². The Morgan fingerprint density at radius 3 is 2.95 bits per heavy atom. The molecule has 102 valence electrons. The predicted molar refractivity (Wildman–Crippen MR) is 66.9 cm³/mol. The molecule has 6 heteroatoms. The number of hydrogen-bond donors (Lipinski definition) is 1. The van der Waals surface area contributed by atoms with Gasteiger partial charge in [0, 0.05) is 37.4 Å². The van der Waals surface area contributed by atoms with E-state index in [1.54, 1.807) is 0 Å². The minimum atomic E-state index is -2.54. The number of alkyl halides is 2. The normalized spacial score (nSPS) is 15.3. The van der Waals surface area contributed by atoms with Gasteiger partial charge in [-0.15, -0.1) is 0 Å². The molecule has 1 saturated carbocycles. The molecule has 0 spiro atoms. The summed E-state index contributed by atoms with van der Waals surface area (Å²) in [4.78, 5) is 3.97. The molecule has 2 aromatic heterocycles. The van der Waals surface area contributed by atoms with E-state index in [1.165, 1.54) is 30.8 Å². The lowest BCUT2D eigenvalue weighted by Gasteiger charge is -2.07. The van der Waals surface area contributed by atoms with Gasteiger partial charge >= 0.3 is 6.55 Å². The lowest BCUT2D eigenvalue weighted by atomic mass is 10.3. The van der Waals surface area contributed by atoms with Gasteiger partial charge in [0.2, 0.25) is 0 Å². The first-order chi connectivity index (χ1) is 9.22. The molecule has 1 aliphatic carbocycles. The van der Waals surface area contributed by atoms with Gasteiger partial charge in [-0.05, 0) is 24.5 Å².